The number of carbonyl (C=O) groups excluding carboxylic acids is 1. The molecule has 0 fully saturated rings. The number of amides is 1. The van der Waals surface area contributed by atoms with Gasteiger partial charge in [0.15, 0.2) is 0 Å². The third-order valence-electron chi connectivity index (χ3n) is 3.71. The Morgan fingerprint density at radius 1 is 1.17 bits per heavy atom. The number of hydrogen-bond donors (Lipinski definition) is 1. The first kappa shape index (κ1) is 17.2. The van der Waals surface area contributed by atoms with Gasteiger partial charge in [0.25, 0.3) is 5.91 Å². The number of hydrogen-bond acceptors (Lipinski definition) is 3. The summed E-state index contributed by atoms with van der Waals surface area (Å²) in [4.78, 5) is 16.7. The van der Waals surface area contributed by atoms with Crippen LogP contribution in [0.1, 0.15) is 47.8 Å². The molecule has 122 valence electrons. The third-order valence-corrected chi connectivity index (χ3v) is 3.71. The number of nitrogens with one attached hydrogen (secondary N) is 1. The maximum absolute atomic E-state index is 12.5. The average molecular weight is 312 g/mol. The van der Waals surface area contributed by atoms with E-state index in [4.69, 9.17) is 4.74 Å². The Hall–Kier alpha value is -2.20. The minimum Gasteiger partial charge on any atom is -0.380 e. The molecule has 23 heavy (non-hydrogen) atoms. The van der Waals surface area contributed by atoms with E-state index in [9.17, 15) is 4.79 Å². The van der Waals surface area contributed by atoms with Gasteiger partial charge in [0.2, 0.25) is 0 Å². The first-order valence-corrected chi connectivity index (χ1v) is 7.72. The molecule has 0 spiro atoms. The SMILES string of the molecule is COCc1ccccc1C(=O)NCc1cnccc1C(C)(C)C. The summed E-state index contributed by atoms with van der Waals surface area (Å²) >= 11 is 0. The molecule has 0 saturated carbocycles. The van der Waals surface area contributed by atoms with E-state index >= 15 is 0 Å². The molecule has 0 aliphatic carbocycles. The Morgan fingerprint density at radius 3 is 2.61 bits per heavy atom. The van der Waals surface area contributed by atoms with Gasteiger partial charge in [0, 0.05) is 31.6 Å². The Bertz CT molecular complexity index is 675. The predicted molar refractivity (Wildman–Crippen MR) is 91.3 cm³/mol. The lowest BCUT2D eigenvalue weighted by molar-refractivity contribution is 0.0945. The van der Waals surface area contributed by atoms with Crippen LogP contribution in [0.2, 0.25) is 0 Å². The second kappa shape index (κ2) is 7.38. The van der Waals surface area contributed by atoms with Crippen molar-refractivity contribution < 1.29 is 9.53 Å². The molecular formula is C19H24N2O2. The molecule has 0 radical (unpaired) electrons. The van der Waals surface area contributed by atoms with Crippen molar-refractivity contribution in [1.29, 1.82) is 0 Å². The first-order valence-electron chi connectivity index (χ1n) is 7.72. The number of pyridine rings is 1. The van der Waals surface area contributed by atoms with E-state index in [0.29, 0.717) is 18.7 Å². The topological polar surface area (TPSA) is 51.2 Å². The van der Waals surface area contributed by atoms with Gasteiger partial charge in [-0.15, -0.1) is 0 Å². The summed E-state index contributed by atoms with van der Waals surface area (Å²) in [7, 11) is 1.62. The van der Waals surface area contributed by atoms with Gasteiger partial charge in [-0.05, 0) is 34.2 Å². The highest BCUT2D eigenvalue weighted by Gasteiger charge is 2.18. The quantitative estimate of drug-likeness (QED) is 0.920. The minimum atomic E-state index is -0.0960. The highest BCUT2D eigenvalue weighted by Crippen LogP contribution is 2.25. The highest BCUT2D eigenvalue weighted by atomic mass is 16.5. The van der Waals surface area contributed by atoms with Gasteiger partial charge >= 0.3 is 0 Å². The molecule has 0 saturated heterocycles. The van der Waals surface area contributed by atoms with Crippen LogP contribution in [0, 0.1) is 0 Å². The number of rotatable bonds is 5. The molecule has 0 bridgehead atoms. The lowest BCUT2D eigenvalue weighted by atomic mass is 9.84. The first-order chi connectivity index (χ1) is 10.9. The van der Waals surface area contributed by atoms with Crippen molar-refractivity contribution in [3.05, 3.63) is 65.0 Å². The van der Waals surface area contributed by atoms with Crippen LogP contribution < -0.4 is 5.32 Å². The minimum absolute atomic E-state index is 0.0109. The van der Waals surface area contributed by atoms with Gasteiger partial charge in [-0.25, -0.2) is 0 Å². The largest absolute Gasteiger partial charge is 0.380 e. The zero-order valence-electron chi connectivity index (χ0n) is 14.2. The van der Waals surface area contributed by atoms with Crippen LogP contribution in [0.25, 0.3) is 0 Å². The molecule has 2 rings (SSSR count). The van der Waals surface area contributed by atoms with Crippen LogP contribution in [0.5, 0.6) is 0 Å². The van der Waals surface area contributed by atoms with E-state index in [1.165, 1.54) is 5.56 Å². The molecular weight excluding hydrogens is 288 g/mol. The van der Waals surface area contributed by atoms with Crippen molar-refractivity contribution in [3.63, 3.8) is 0 Å². The molecule has 0 atom stereocenters. The summed E-state index contributed by atoms with van der Waals surface area (Å²) in [6.45, 7) is 7.34. The van der Waals surface area contributed by atoms with Crippen LogP contribution in [-0.4, -0.2) is 18.0 Å². The second-order valence-electron chi connectivity index (χ2n) is 6.56. The van der Waals surface area contributed by atoms with E-state index in [2.05, 4.69) is 31.1 Å². The summed E-state index contributed by atoms with van der Waals surface area (Å²) < 4.78 is 5.16. The number of nitrogens with zero attached hydrogens (tertiary/aromatic N) is 1. The van der Waals surface area contributed by atoms with E-state index in [1.54, 1.807) is 13.3 Å². The molecule has 1 N–H and O–H groups in total. The molecule has 0 unspecified atom stereocenters. The Labute approximate surface area is 137 Å². The molecule has 1 aromatic carbocycles. The van der Waals surface area contributed by atoms with Crippen molar-refractivity contribution >= 4 is 5.91 Å². The van der Waals surface area contributed by atoms with Gasteiger partial charge in [-0.3, -0.25) is 9.78 Å². The van der Waals surface area contributed by atoms with Crippen molar-refractivity contribution in [2.45, 2.75) is 39.3 Å². The fourth-order valence-electron chi connectivity index (χ4n) is 2.59. The lowest BCUT2D eigenvalue weighted by Gasteiger charge is -2.22. The molecule has 4 heteroatoms. The van der Waals surface area contributed by atoms with Gasteiger partial charge in [0.1, 0.15) is 0 Å². The Kier molecular flexibility index (Phi) is 5.50. The van der Waals surface area contributed by atoms with Crippen LogP contribution in [0.15, 0.2) is 42.7 Å². The van der Waals surface area contributed by atoms with Crippen molar-refractivity contribution in [2.24, 2.45) is 0 Å². The second-order valence-corrected chi connectivity index (χ2v) is 6.56. The van der Waals surface area contributed by atoms with E-state index in [-0.39, 0.29) is 11.3 Å². The van der Waals surface area contributed by atoms with Gasteiger partial charge < -0.3 is 10.1 Å². The molecule has 2 aromatic rings. The van der Waals surface area contributed by atoms with Crippen LogP contribution >= 0.6 is 0 Å². The maximum Gasteiger partial charge on any atom is 0.251 e. The zero-order valence-corrected chi connectivity index (χ0v) is 14.2. The Morgan fingerprint density at radius 2 is 1.91 bits per heavy atom. The van der Waals surface area contributed by atoms with Crippen LogP contribution in [0.4, 0.5) is 0 Å². The Balaban J connectivity index is 2.15. The van der Waals surface area contributed by atoms with Crippen molar-refractivity contribution in [1.82, 2.24) is 10.3 Å². The van der Waals surface area contributed by atoms with Crippen LogP contribution in [-0.2, 0) is 23.3 Å². The summed E-state index contributed by atoms with van der Waals surface area (Å²) in [5, 5.41) is 2.99. The predicted octanol–water partition coefficient (Wildman–Crippen LogP) is 3.46. The van der Waals surface area contributed by atoms with Crippen molar-refractivity contribution in [3.8, 4) is 0 Å². The summed E-state index contributed by atoms with van der Waals surface area (Å²) in [6, 6.07) is 9.50. The average Bonchev–Trinajstić information content (AvgIpc) is 2.53. The molecule has 4 nitrogen and oxygen atoms in total. The normalized spacial score (nSPS) is 11.3. The fourth-order valence-corrected chi connectivity index (χ4v) is 2.59. The number of carbonyl (C=O) groups is 1. The van der Waals surface area contributed by atoms with E-state index in [0.717, 1.165) is 11.1 Å². The smallest absolute Gasteiger partial charge is 0.251 e. The molecule has 1 aromatic heterocycles. The van der Waals surface area contributed by atoms with E-state index in [1.807, 2.05) is 36.5 Å². The van der Waals surface area contributed by atoms with Crippen molar-refractivity contribution in [2.75, 3.05) is 7.11 Å². The lowest BCUT2D eigenvalue weighted by Crippen LogP contribution is -2.26. The maximum atomic E-state index is 12.5. The number of benzene rings is 1. The number of methoxy groups -OCH3 is 1. The number of ether oxygens (including phenoxy) is 1. The zero-order chi connectivity index (χ0) is 16.9. The van der Waals surface area contributed by atoms with Gasteiger partial charge in [-0.2, -0.15) is 0 Å². The molecule has 0 aliphatic heterocycles. The highest BCUT2D eigenvalue weighted by molar-refractivity contribution is 5.95. The monoisotopic (exact) mass is 312 g/mol. The fraction of sp³-hybridized carbons (Fsp3) is 0.368. The van der Waals surface area contributed by atoms with Gasteiger partial charge in [0.05, 0.1) is 6.61 Å². The summed E-state index contributed by atoms with van der Waals surface area (Å²) in [5.74, 6) is -0.0960. The summed E-state index contributed by atoms with van der Waals surface area (Å²) in [6.07, 6.45) is 3.61. The third kappa shape index (κ3) is 4.39. The molecule has 1 amide bonds. The molecule has 0 aliphatic rings. The van der Waals surface area contributed by atoms with Crippen LogP contribution in [0.3, 0.4) is 0 Å². The number of aromatic nitrogens is 1. The standard InChI is InChI=1S/C19H24N2O2/c1-19(2,3)17-9-10-20-11-15(17)12-21-18(22)16-8-6-5-7-14(16)13-23-4/h5-11H,12-13H2,1-4H3,(H,21,22). The summed E-state index contributed by atoms with van der Waals surface area (Å²) in [5.41, 5.74) is 3.78. The van der Waals surface area contributed by atoms with E-state index < -0.39 is 0 Å². The van der Waals surface area contributed by atoms with Gasteiger partial charge in [-0.1, -0.05) is 39.0 Å². The molecule has 1 heterocycles.